The van der Waals surface area contributed by atoms with Crippen LogP contribution < -0.4 is 11.1 Å². The van der Waals surface area contributed by atoms with Crippen LogP contribution in [0.1, 0.15) is 29.8 Å². The second-order valence-corrected chi connectivity index (χ2v) is 5.24. The third kappa shape index (κ3) is 3.43. The van der Waals surface area contributed by atoms with E-state index in [1.165, 1.54) is 0 Å². The third-order valence-corrected chi connectivity index (χ3v) is 3.72. The normalized spacial score (nSPS) is 20.8. The summed E-state index contributed by atoms with van der Waals surface area (Å²) in [5.41, 5.74) is 8.00. The zero-order valence-electron chi connectivity index (χ0n) is 11.6. The first kappa shape index (κ1) is 15.5. The molecule has 3 rings (SSSR count). The number of H-pyrrole nitrogens is 1. The number of carbonyl (C=O) groups excluding carboxylic acids is 1. The number of aromatic amines is 1. The second kappa shape index (κ2) is 6.74. The molecule has 1 aliphatic carbocycles. The van der Waals surface area contributed by atoms with Crippen molar-refractivity contribution in [3.63, 3.8) is 0 Å². The molecule has 1 amide bonds. The van der Waals surface area contributed by atoms with Crippen LogP contribution >= 0.6 is 12.4 Å². The lowest BCUT2D eigenvalue weighted by atomic mass is 10.1. The molecule has 2 atom stereocenters. The molecule has 1 aromatic heterocycles. The molecule has 1 heterocycles. The molecule has 1 fully saturated rings. The number of imidazole rings is 1. The number of rotatable bonds is 3. The van der Waals surface area contributed by atoms with Crippen LogP contribution in [0.5, 0.6) is 0 Å². The number of nitrogens with one attached hydrogen (secondary N) is 2. The van der Waals surface area contributed by atoms with Crippen molar-refractivity contribution in [1.29, 1.82) is 0 Å². The van der Waals surface area contributed by atoms with Gasteiger partial charge in [0.25, 0.3) is 5.91 Å². The molecule has 0 spiro atoms. The van der Waals surface area contributed by atoms with E-state index < -0.39 is 0 Å². The molecule has 5 nitrogen and oxygen atoms in total. The molecule has 0 bridgehead atoms. The lowest BCUT2D eigenvalue weighted by molar-refractivity contribution is 0.0934. The van der Waals surface area contributed by atoms with Crippen LogP contribution in [0.2, 0.25) is 0 Å². The Hall–Kier alpha value is -1.85. The first-order valence-electron chi connectivity index (χ1n) is 6.89. The van der Waals surface area contributed by atoms with Crippen LogP contribution in [0.4, 0.5) is 0 Å². The third-order valence-electron chi connectivity index (χ3n) is 3.72. The van der Waals surface area contributed by atoms with Gasteiger partial charge in [-0.3, -0.25) is 4.79 Å². The van der Waals surface area contributed by atoms with Gasteiger partial charge in [-0.15, -0.1) is 12.4 Å². The van der Waals surface area contributed by atoms with Gasteiger partial charge in [-0.25, -0.2) is 4.98 Å². The lowest BCUT2D eigenvalue weighted by Gasteiger charge is -2.12. The summed E-state index contributed by atoms with van der Waals surface area (Å²) in [7, 11) is 0. The van der Waals surface area contributed by atoms with E-state index in [1.807, 2.05) is 30.3 Å². The average molecular weight is 307 g/mol. The predicted octanol–water partition coefficient (Wildman–Crippen LogP) is 2.11. The van der Waals surface area contributed by atoms with E-state index in [4.69, 9.17) is 5.73 Å². The minimum atomic E-state index is -0.111. The highest BCUT2D eigenvalue weighted by atomic mass is 35.5. The minimum Gasteiger partial charge on any atom is -0.348 e. The van der Waals surface area contributed by atoms with Gasteiger partial charge in [0.2, 0.25) is 0 Å². The topological polar surface area (TPSA) is 83.8 Å². The summed E-state index contributed by atoms with van der Waals surface area (Å²) in [4.78, 5) is 19.5. The molecule has 0 unspecified atom stereocenters. The van der Waals surface area contributed by atoms with E-state index in [1.54, 1.807) is 6.33 Å². The van der Waals surface area contributed by atoms with Crippen LogP contribution in [0.25, 0.3) is 11.3 Å². The Balaban J connectivity index is 0.00000161. The number of amides is 1. The molecule has 1 saturated carbocycles. The summed E-state index contributed by atoms with van der Waals surface area (Å²) in [6, 6.07) is 10.1. The number of nitrogens with zero attached hydrogens (tertiary/aromatic N) is 1. The van der Waals surface area contributed by atoms with E-state index in [-0.39, 0.29) is 30.4 Å². The predicted molar refractivity (Wildman–Crippen MR) is 84.4 cm³/mol. The molecule has 0 radical (unpaired) electrons. The molecule has 6 heteroatoms. The van der Waals surface area contributed by atoms with Crippen LogP contribution in [-0.2, 0) is 0 Å². The Morgan fingerprint density at radius 1 is 1.29 bits per heavy atom. The van der Waals surface area contributed by atoms with Gasteiger partial charge in [-0.1, -0.05) is 30.3 Å². The molecule has 21 heavy (non-hydrogen) atoms. The molecule has 1 aromatic carbocycles. The molecule has 112 valence electrons. The molecule has 0 saturated heterocycles. The smallest absolute Gasteiger partial charge is 0.270 e. The van der Waals surface area contributed by atoms with Gasteiger partial charge in [-0.05, 0) is 19.3 Å². The fourth-order valence-electron chi connectivity index (χ4n) is 2.69. The fraction of sp³-hybridized carbons (Fsp3) is 0.333. The van der Waals surface area contributed by atoms with Gasteiger partial charge in [-0.2, -0.15) is 0 Å². The number of hydrogen-bond acceptors (Lipinski definition) is 3. The first-order valence-corrected chi connectivity index (χ1v) is 6.89. The maximum absolute atomic E-state index is 12.3. The largest absolute Gasteiger partial charge is 0.348 e. The van der Waals surface area contributed by atoms with Crippen molar-refractivity contribution >= 4 is 18.3 Å². The average Bonchev–Trinajstić information content (AvgIpc) is 3.09. The second-order valence-electron chi connectivity index (χ2n) is 5.24. The Morgan fingerprint density at radius 3 is 2.71 bits per heavy atom. The lowest BCUT2D eigenvalue weighted by Crippen LogP contribution is -2.34. The maximum atomic E-state index is 12.3. The number of benzene rings is 1. The molecular formula is C15H19ClN4O. The van der Waals surface area contributed by atoms with E-state index in [0.717, 1.165) is 24.8 Å². The van der Waals surface area contributed by atoms with E-state index in [2.05, 4.69) is 15.3 Å². The quantitative estimate of drug-likeness (QED) is 0.812. The number of halogens is 1. The van der Waals surface area contributed by atoms with Gasteiger partial charge < -0.3 is 16.0 Å². The van der Waals surface area contributed by atoms with Crippen molar-refractivity contribution in [2.75, 3.05) is 0 Å². The van der Waals surface area contributed by atoms with Gasteiger partial charge in [0, 0.05) is 17.6 Å². The van der Waals surface area contributed by atoms with Crippen molar-refractivity contribution < 1.29 is 4.79 Å². The molecule has 0 aliphatic heterocycles. The number of carbonyl (C=O) groups is 1. The summed E-state index contributed by atoms with van der Waals surface area (Å²) in [5, 5.41) is 3.03. The van der Waals surface area contributed by atoms with E-state index in [9.17, 15) is 4.79 Å². The Bertz CT molecular complexity index is 599. The molecule has 1 aliphatic rings. The molecular weight excluding hydrogens is 288 g/mol. The van der Waals surface area contributed by atoms with Crippen molar-refractivity contribution in [2.45, 2.75) is 31.3 Å². The zero-order valence-corrected chi connectivity index (χ0v) is 12.4. The van der Waals surface area contributed by atoms with Crippen LogP contribution in [0.15, 0.2) is 36.7 Å². The summed E-state index contributed by atoms with van der Waals surface area (Å²) in [6.45, 7) is 0. The number of aromatic nitrogens is 2. The van der Waals surface area contributed by atoms with Crippen molar-refractivity contribution in [1.82, 2.24) is 15.3 Å². The summed E-state index contributed by atoms with van der Waals surface area (Å²) in [6.07, 6.45) is 4.32. The van der Waals surface area contributed by atoms with Gasteiger partial charge in [0.15, 0.2) is 0 Å². The van der Waals surface area contributed by atoms with Crippen LogP contribution in [0.3, 0.4) is 0 Å². The Kier molecular flexibility index (Phi) is 4.98. The Morgan fingerprint density at radius 2 is 2.05 bits per heavy atom. The van der Waals surface area contributed by atoms with E-state index in [0.29, 0.717) is 11.4 Å². The monoisotopic (exact) mass is 306 g/mol. The first-order chi connectivity index (χ1) is 9.74. The SMILES string of the molecule is Cl.N[C@@H]1CC[C@@H](NC(=O)c2[nH]cnc2-c2ccccc2)C1. The maximum Gasteiger partial charge on any atom is 0.270 e. The standard InChI is InChI=1S/C15H18N4O.ClH/c16-11-6-7-12(8-11)19-15(20)14-13(17-9-18-14)10-4-2-1-3-5-10;/h1-5,9,11-12H,6-8,16H2,(H,17,18)(H,19,20);1H/t11-,12-;/m1./s1. The van der Waals surface area contributed by atoms with Crippen molar-refractivity contribution in [3.05, 3.63) is 42.4 Å². The molecule has 4 N–H and O–H groups in total. The highest BCUT2D eigenvalue weighted by molar-refractivity contribution is 5.98. The highest BCUT2D eigenvalue weighted by Gasteiger charge is 2.25. The highest BCUT2D eigenvalue weighted by Crippen LogP contribution is 2.21. The summed E-state index contributed by atoms with van der Waals surface area (Å²) < 4.78 is 0. The minimum absolute atomic E-state index is 0. The van der Waals surface area contributed by atoms with Crippen molar-refractivity contribution in [2.24, 2.45) is 5.73 Å². The van der Waals surface area contributed by atoms with Gasteiger partial charge in [0.1, 0.15) is 11.4 Å². The van der Waals surface area contributed by atoms with E-state index >= 15 is 0 Å². The number of nitrogens with two attached hydrogens (primary N) is 1. The van der Waals surface area contributed by atoms with Crippen LogP contribution in [0, 0.1) is 0 Å². The van der Waals surface area contributed by atoms with Crippen LogP contribution in [-0.4, -0.2) is 28.0 Å². The van der Waals surface area contributed by atoms with Crippen molar-refractivity contribution in [3.8, 4) is 11.3 Å². The summed E-state index contributed by atoms with van der Waals surface area (Å²) >= 11 is 0. The molecule has 2 aromatic rings. The summed E-state index contributed by atoms with van der Waals surface area (Å²) in [5.74, 6) is -0.111. The Labute approximate surface area is 129 Å². The fourth-order valence-corrected chi connectivity index (χ4v) is 2.69. The van der Waals surface area contributed by atoms with Gasteiger partial charge >= 0.3 is 0 Å². The van der Waals surface area contributed by atoms with Gasteiger partial charge in [0.05, 0.1) is 6.33 Å². The zero-order chi connectivity index (χ0) is 13.9. The number of hydrogen-bond donors (Lipinski definition) is 3.